The van der Waals surface area contributed by atoms with Gasteiger partial charge in [0, 0.05) is 0 Å². The molecule has 0 bridgehead atoms. The molecule has 0 atom stereocenters. The van der Waals surface area contributed by atoms with E-state index in [2.05, 4.69) is 17.6 Å². The first kappa shape index (κ1) is 13.1. The second-order valence-electron chi connectivity index (χ2n) is 4.26. The van der Waals surface area contributed by atoms with Crippen LogP contribution in [-0.2, 0) is 6.18 Å². The second kappa shape index (κ2) is 4.56. The summed E-state index contributed by atoms with van der Waals surface area (Å²) in [5.74, 6) is 0. The average Bonchev–Trinajstić information content (AvgIpc) is 2.77. The fourth-order valence-corrected chi connectivity index (χ4v) is 2.17. The quantitative estimate of drug-likeness (QED) is 0.652. The van der Waals surface area contributed by atoms with Crippen LogP contribution < -0.4 is 0 Å². The van der Waals surface area contributed by atoms with Crippen LogP contribution in [0.15, 0.2) is 52.1 Å². The minimum Gasteiger partial charge on any atom is -0.432 e. The van der Waals surface area contributed by atoms with E-state index in [9.17, 15) is 13.2 Å². The number of fused-ring (bicyclic) bond motifs is 1. The zero-order valence-corrected chi connectivity index (χ0v) is 10.9. The monoisotopic (exact) mass is 295 g/mol. The number of benzene rings is 2. The Kier molecular flexibility index (Phi) is 2.97. The highest BCUT2D eigenvalue weighted by atomic mass is 32.1. The summed E-state index contributed by atoms with van der Waals surface area (Å²) in [6.45, 7) is 0. The predicted molar refractivity (Wildman–Crippen MR) is 71.7 cm³/mol. The fraction of sp³-hybridized carbons (Fsp3) is 0.0714. The summed E-state index contributed by atoms with van der Waals surface area (Å²) >= 11 is 3.99. The van der Waals surface area contributed by atoms with E-state index in [-0.39, 0.29) is 5.22 Å². The molecular formula is C14H8F3NOS. The van der Waals surface area contributed by atoms with Crippen molar-refractivity contribution in [2.75, 3.05) is 0 Å². The number of hydrogen-bond donors (Lipinski definition) is 1. The molecule has 3 aromatic rings. The Labute approximate surface area is 117 Å². The first-order chi connectivity index (χ1) is 9.43. The summed E-state index contributed by atoms with van der Waals surface area (Å²) in [6.07, 6.45) is -4.36. The highest BCUT2D eigenvalue weighted by molar-refractivity contribution is 7.80. The van der Waals surface area contributed by atoms with Gasteiger partial charge in [0.2, 0.25) is 0 Å². The third-order valence-electron chi connectivity index (χ3n) is 2.90. The van der Waals surface area contributed by atoms with Gasteiger partial charge in [0.1, 0.15) is 5.52 Å². The third-order valence-corrected chi connectivity index (χ3v) is 3.09. The number of alkyl halides is 3. The van der Waals surface area contributed by atoms with E-state index in [0.29, 0.717) is 22.2 Å². The minimum absolute atomic E-state index is 0.223. The normalized spacial score (nSPS) is 12.0. The number of halogens is 3. The number of hydrogen-bond acceptors (Lipinski definition) is 3. The van der Waals surface area contributed by atoms with E-state index >= 15 is 0 Å². The van der Waals surface area contributed by atoms with Gasteiger partial charge in [-0.2, -0.15) is 13.2 Å². The van der Waals surface area contributed by atoms with Gasteiger partial charge in [0.05, 0.1) is 5.56 Å². The van der Waals surface area contributed by atoms with Gasteiger partial charge in [0.25, 0.3) is 5.22 Å². The molecule has 0 spiro atoms. The molecule has 1 heterocycles. The lowest BCUT2D eigenvalue weighted by molar-refractivity contribution is -0.137. The van der Waals surface area contributed by atoms with Gasteiger partial charge in [-0.25, -0.2) is 4.98 Å². The Hall–Kier alpha value is -1.95. The summed E-state index contributed by atoms with van der Waals surface area (Å²) in [5, 5.41) is 0.223. The Morgan fingerprint density at radius 2 is 1.75 bits per heavy atom. The van der Waals surface area contributed by atoms with Crippen molar-refractivity contribution in [2.24, 2.45) is 0 Å². The maximum Gasteiger partial charge on any atom is 0.416 e. The second-order valence-corrected chi connectivity index (χ2v) is 4.64. The topological polar surface area (TPSA) is 26.0 Å². The Bertz CT molecular complexity index is 779. The number of oxazole rings is 1. The predicted octanol–water partition coefficient (Wildman–Crippen LogP) is 4.80. The molecule has 20 heavy (non-hydrogen) atoms. The Morgan fingerprint density at radius 1 is 1.00 bits per heavy atom. The van der Waals surface area contributed by atoms with Crippen molar-refractivity contribution in [3.8, 4) is 11.1 Å². The van der Waals surface area contributed by atoms with Crippen LogP contribution in [0.4, 0.5) is 13.2 Å². The van der Waals surface area contributed by atoms with Crippen molar-refractivity contribution in [1.29, 1.82) is 0 Å². The lowest BCUT2D eigenvalue weighted by Gasteiger charge is -2.08. The zero-order valence-electron chi connectivity index (χ0n) is 9.98. The van der Waals surface area contributed by atoms with E-state index in [4.69, 9.17) is 4.42 Å². The Morgan fingerprint density at radius 3 is 2.50 bits per heavy atom. The van der Waals surface area contributed by atoms with Crippen molar-refractivity contribution in [1.82, 2.24) is 4.98 Å². The average molecular weight is 295 g/mol. The molecule has 0 saturated carbocycles. The van der Waals surface area contributed by atoms with Crippen LogP contribution in [0.1, 0.15) is 5.56 Å². The maximum absolute atomic E-state index is 12.7. The molecule has 0 aliphatic carbocycles. The molecule has 0 aliphatic heterocycles. The van der Waals surface area contributed by atoms with Crippen molar-refractivity contribution < 1.29 is 17.6 Å². The largest absolute Gasteiger partial charge is 0.432 e. The van der Waals surface area contributed by atoms with Crippen LogP contribution in [0.2, 0.25) is 0 Å². The molecule has 3 rings (SSSR count). The third kappa shape index (κ3) is 2.38. The van der Waals surface area contributed by atoms with Crippen LogP contribution in [0.3, 0.4) is 0 Å². The highest BCUT2D eigenvalue weighted by Crippen LogP contribution is 2.33. The molecule has 0 N–H and O–H groups in total. The van der Waals surface area contributed by atoms with Crippen LogP contribution in [0.5, 0.6) is 0 Å². The van der Waals surface area contributed by atoms with Crippen molar-refractivity contribution in [3.63, 3.8) is 0 Å². The molecule has 2 nitrogen and oxygen atoms in total. The molecule has 2 aromatic carbocycles. The molecular weight excluding hydrogens is 287 g/mol. The SMILES string of the molecule is FC(F)(F)c1cccc(-c2ccc3nc(S)oc3c2)c1. The summed E-state index contributed by atoms with van der Waals surface area (Å²) in [7, 11) is 0. The first-order valence-corrected chi connectivity index (χ1v) is 6.15. The minimum atomic E-state index is -4.36. The van der Waals surface area contributed by atoms with Gasteiger partial charge in [-0.15, -0.1) is 0 Å². The number of aromatic nitrogens is 1. The molecule has 0 radical (unpaired) electrons. The highest BCUT2D eigenvalue weighted by Gasteiger charge is 2.30. The van der Waals surface area contributed by atoms with E-state index in [1.807, 2.05) is 0 Å². The van der Waals surface area contributed by atoms with E-state index in [1.165, 1.54) is 6.07 Å². The number of thiol groups is 1. The van der Waals surface area contributed by atoms with Crippen molar-refractivity contribution >= 4 is 23.7 Å². The lowest BCUT2D eigenvalue weighted by atomic mass is 10.0. The van der Waals surface area contributed by atoms with E-state index < -0.39 is 11.7 Å². The molecule has 0 amide bonds. The lowest BCUT2D eigenvalue weighted by Crippen LogP contribution is -2.04. The molecule has 6 heteroatoms. The zero-order chi connectivity index (χ0) is 14.3. The van der Waals surface area contributed by atoms with E-state index in [0.717, 1.165) is 12.1 Å². The molecule has 0 aliphatic rings. The van der Waals surface area contributed by atoms with Gasteiger partial charge in [-0.05, 0) is 35.4 Å². The summed E-state index contributed by atoms with van der Waals surface area (Å²) in [5.41, 5.74) is 1.53. The molecule has 0 saturated heterocycles. The van der Waals surface area contributed by atoms with E-state index in [1.54, 1.807) is 24.3 Å². The molecule has 102 valence electrons. The summed E-state index contributed by atoms with van der Waals surface area (Å²) < 4.78 is 43.4. The number of nitrogens with zero attached hydrogens (tertiary/aromatic N) is 1. The molecule has 0 unspecified atom stereocenters. The standard InChI is InChI=1S/C14H8F3NOS/c15-14(16,17)10-3-1-2-8(6-10)9-4-5-11-12(7-9)19-13(20)18-11/h1-7H,(H,18,20). The van der Waals surface area contributed by atoms with Crippen LogP contribution in [0.25, 0.3) is 22.2 Å². The molecule has 0 fully saturated rings. The van der Waals surface area contributed by atoms with Gasteiger partial charge in [-0.1, -0.05) is 30.8 Å². The summed E-state index contributed by atoms with van der Waals surface area (Å²) in [4.78, 5) is 4.02. The van der Waals surface area contributed by atoms with Gasteiger partial charge in [-0.3, -0.25) is 0 Å². The van der Waals surface area contributed by atoms with Gasteiger partial charge < -0.3 is 4.42 Å². The van der Waals surface area contributed by atoms with Gasteiger partial charge in [0.15, 0.2) is 5.58 Å². The fourth-order valence-electron chi connectivity index (χ4n) is 1.97. The van der Waals surface area contributed by atoms with Crippen LogP contribution in [0, 0.1) is 0 Å². The van der Waals surface area contributed by atoms with Crippen molar-refractivity contribution in [2.45, 2.75) is 11.4 Å². The molecule has 1 aromatic heterocycles. The number of rotatable bonds is 1. The van der Waals surface area contributed by atoms with Crippen LogP contribution >= 0.6 is 12.6 Å². The smallest absolute Gasteiger partial charge is 0.416 e. The van der Waals surface area contributed by atoms with Crippen LogP contribution in [-0.4, -0.2) is 4.98 Å². The first-order valence-electron chi connectivity index (χ1n) is 5.71. The Balaban J connectivity index is 2.10. The summed E-state index contributed by atoms with van der Waals surface area (Å²) in [6, 6.07) is 10.2. The van der Waals surface area contributed by atoms with Crippen molar-refractivity contribution in [3.05, 3.63) is 48.0 Å². The maximum atomic E-state index is 12.7. The van der Waals surface area contributed by atoms with Gasteiger partial charge >= 0.3 is 6.18 Å².